The molecule has 0 saturated heterocycles. The first-order valence-electron chi connectivity index (χ1n) is 6.79. The van der Waals surface area contributed by atoms with Gasteiger partial charge in [-0.15, -0.1) is 0 Å². The minimum Gasteiger partial charge on any atom is -0.486 e. The summed E-state index contributed by atoms with van der Waals surface area (Å²) in [6, 6.07) is 18.6. The summed E-state index contributed by atoms with van der Waals surface area (Å²) in [4.78, 5) is 0. The lowest BCUT2D eigenvalue weighted by molar-refractivity contribution is 0.246. The van der Waals surface area contributed by atoms with Gasteiger partial charge in [0.15, 0.2) is 0 Å². The molecule has 2 aromatic carbocycles. The van der Waals surface area contributed by atoms with Crippen LogP contribution in [0.25, 0.3) is 11.1 Å². The number of hydrogen-bond donors (Lipinski definition) is 0. The van der Waals surface area contributed by atoms with Gasteiger partial charge < -0.3 is 4.74 Å². The number of rotatable bonds is 5. The Bertz CT molecular complexity index is 528. The van der Waals surface area contributed by atoms with Gasteiger partial charge in [0.05, 0.1) is 0 Å². The normalized spacial score (nSPS) is 12.5. The fraction of sp³-hybridized carbons (Fsp3) is 0.222. The Kier molecular flexibility index (Phi) is 4.79. The summed E-state index contributed by atoms with van der Waals surface area (Å²) in [7, 11) is 0. The molecule has 0 saturated carbocycles. The van der Waals surface area contributed by atoms with E-state index in [2.05, 4.69) is 43.3 Å². The van der Waals surface area contributed by atoms with Gasteiger partial charge in [-0.1, -0.05) is 61.5 Å². The van der Waals surface area contributed by atoms with E-state index in [4.69, 9.17) is 4.74 Å². The zero-order valence-electron chi connectivity index (χ0n) is 11.5. The summed E-state index contributed by atoms with van der Waals surface area (Å²) in [6.07, 6.45) is 5.24. The van der Waals surface area contributed by atoms with Crippen LogP contribution in [-0.2, 0) is 0 Å². The van der Waals surface area contributed by atoms with Crippen LogP contribution in [0.2, 0.25) is 0 Å². The van der Waals surface area contributed by atoms with Crippen molar-refractivity contribution in [2.24, 2.45) is 0 Å². The molecular formula is C18H20O. The van der Waals surface area contributed by atoms with E-state index in [1.165, 1.54) is 5.56 Å². The van der Waals surface area contributed by atoms with Crippen molar-refractivity contribution in [2.75, 3.05) is 0 Å². The van der Waals surface area contributed by atoms with Crippen LogP contribution >= 0.6 is 0 Å². The Labute approximate surface area is 115 Å². The highest BCUT2D eigenvalue weighted by Crippen LogP contribution is 2.30. The maximum Gasteiger partial charge on any atom is 0.128 e. The Morgan fingerprint density at radius 2 is 1.68 bits per heavy atom. The second-order valence-corrected chi connectivity index (χ2v) is 4.45. The summed E-state index contributed by atoms with van der Waals surface area (Å²) >= 11 is 0. The molecule has 0 spiro atoms. The Hall–Kier alpha value is -2.02. The quantitative estimate of drug-likeness (QED) is 0.674. The summed E-state index contributed by atoms with van der Waals surface area (Å²) in [6.45, 7) is 4.16. The molecule has 2 rings (SSSR count). The van der Waals surface area contributed by atoms with E-state index in [1.54, 1.807) is 0 Å². The lowest BCUT2D eigenvalue weighted by Gasteiger charge is -2.17. The van der Waals surface area contributed by atoms with Crippen molar-refractivity contribution >= 4 is 0 Å². The predicted molar refractivity (Wildman–Crippen MR) is 81.4 cm³/mol. The van der Waals surface area contributed by atoms with E-state index in [0.29, 0.717) is 0 Å². The zero-order valence-corrected chi connectivity index (χ0v) is 11.5. The third-order valence-electron chi connectivity index (χ3n) is 3.06. The monoisotopic (exact) mass is 252 g/mol. The third-order valence-corrected chi connectivity index (χ3v) is 3.06. The van der Waals surface area contributed by atoms with Crippen LogP contribution in [0.15, 0.2) is 66.7 Å². The van der Waals surface area contributed by atoms with E-state index in [-0.39, 0.29) is 6.10 Å². The Morgan fingerprint density at radius 3 is 2.37 bits per heavy atom. The molecule has 98 valence electrons. The van der Waals surface area contributed by atoms with Gasteiger partial charge in [-0.25, -0.2) is 0 Å². The average Bonchev–Trinajstić information content (AvgIpc) is 2.48. The molecule has 0 fully saturated rings. The molecule has 0 aliphatic heterocycles. The first-order chi connectivity index (χ1) is 9.35. The lowest BCUT2D eigenvalue weighted by Crippen LogP contribution is -2.12. The van der Waals surface area contributed by atoms with Gasteiger partial charge in [-0.3, -0.25) is 0 Å². The van der Waals surface area contributed by atoms with E-state index in [9.17, 15) is 0 Å². The van der Waals surface area contributed by atoms with Gasteiger partial charge in [0.25, 0.3) is 0 Å². The fourth-order valence-corrected chi connectivity index (χ4v) is 2.06. The molecule has 0 radical (unpaired) electrons. The maximum absolute atomic E-state index is 6.10. The van der Waals surface area contributed by atoms with Crippen molar-refractivity contribution in [1.82, 2.24) is 0 Å². The molecule has 0 heterocycles. The molecular weight excluding hydrogens is 232 g/mol. The molecule has 0 aliphatic rings. The second kappa shape index (κ2) is 6.79. The summed E-state index contributed by atoms with van der Waals surface area (Å²) < 4.78 is 6.10. The average molecular weight is 252 g/mol. The minimum absolute atomic E-state index is 0.134. The third kappa shape index (κ3) is 3.47. The molecule has 19 heavy (non-hydrogen) atoms. The zero-order chi connectivity index (χ0) is 13.5. The summed E-state index contributed by atoms with van der Waals surface area (Å²) in [5, 5.41) is 0. The molecule has 0 amide bonds. The highest BCUT2D eigenvalue weighted by atomic mass is 16.5. The molecule has 1 heteroatoms. The van der Waals surface area contributed by atoms with Crippen LogP contribution in [0.5, 0.6) is 5.75 Å². The fourth-order valence-electron chi connectivity index (χ4n) is 2.06. The topological polar surface area (TPSA) is 9.23 Å². The molecule has 0 bridgehead atoms. The van der Waals surface area contributed by atoms with E-state index >= 15 is 0 Å². The Balaban J connectivity index is 2.31. The van der Waals surface area contributed by atoms with Crippen molar-refractivity contribution in [2.45, 2.75) is 26.4 Å². The van der Waals surface area contributed by atoms with Crippen LogP contribution in [0.4, 0.5) is 0 Å². The van der Waals surface area contributed by atoms with Crippen LogP contribution in [0.3, 0.4) is 0 Å². The van der Waals surface area contributed by atoms with Crippen molar-refractivity contribution < 1.29 is 4.74 Å². The van der Waals surface area contributed by atoms with Crippen LogP contribution in [0, 0.1) is 0 Å². The van der Waals surface area contributed by atoms with Crippen LogP contribution < -0.4 is 4.74 Å². The van der Waals surface area contributed by atoms with E-state index < -0.39 is 0 Å². The summed E-state index contributed by atoms with van der Waals surface area (Å²) in [5.41, 5.74) is 2.33. The molecule has 1 atom stereocenters. The van der Waals surface area contributed by atoms with Gasteiger partial charge in [0, 0.05) is 5.56 Å². The predicted octanol–water partition coefficient (Wildman–Crippen LogP) is 5.09. The number of hydrogen-bond acceptors (Lipinski definition) is 1. The van der Waals surface area contributed by atoms with Crippen molar-refractivity contribution in [1.29, 1.82) is 0 Å². The highest BCUT2D eigenvalue weighted by Gasteiger charge is 2.09. The smallest absolute Gasteiger partial charge is 0.128 e. The summed E-state index contributed by atoms with van der Waals surface area (Å²) in [5.74, 6) is 0.943. The number of para-hydroxylation sites is 1. The molecule has 2 aromatic rings. The van der Waals surface area contributed by atoms with Gasteiger partial charge in [-0.2, -0.15) is 0 Å². The van der Waals surface area contributed by atoms with Crippen molar-refractivity contribution in [3.05, 3.63) is 66.7 Å². The minimum atomic E-state index is 0.134. The van der Waals surface area contributed by atoms with Gasteiger partial charge in [0.2, 0.25) is 0 Å². The SMILES string of the molecule is C/C=C/C(CC)Oc1ccccc1-c1ccccc1. The first-order valence-corrected chi connectivity index (χ1v) is 6.79. The standard InChI is InChI=1S/C18H20O/c1-3-10-16(4-2)19-18-14-9-8-13-17(18)15-11-6-5-7-12-15/h3,5-14,16H,4H2,1-2H3/b10-3+. The molecule has 0 aliphatic carbocycles. The highest BCUT2D eigenvalue weighted by molar-refractivity contribution is 5.70. The van der Waals surface area contributed by atoms with Gasteiger partial charge >= 0.3 is 0 Å². The molecule has 0 N–H and O–H groups in total. The van der Waals surface area contributed by atoms with Gasteiger partial charge in [0.1, 0.15) is 11.9 Å². The molecule has 1 unspecified atom stereocenters. The first kappa shape index (κ1) is 13.4. The van der Waals surface area contributed by atoms with E-state index in [0.717, 1.165) is 17.7 Å². The van der Waals surface area contributed by atoms with Gasteiger partial charge in [-0.05, 0) is 31.1 Å². The largest absolute Gasteiger partial charge is 0.486 e. The van der Waals surface area contributed by atoms with Crippen LogP contribution in [0.1, 0.15) is 20.3 Å². The number of allylic oxidation sites excluding steroid dienone is 1. The van der Waals surface area contributed by atoms with Crippen LogP contribution in [-0.4, -0.2) is 6.10 Å². The molecule has 0 aromatic heterocycles. The Morgan fingerprint density at radius 1 is 1.00 bits per heavy atom. The van der Waals surface area contributed by atoms with E-state index in [1.807, 2.05) is 37.3 Å². The maximum atomic E-state index is 6.10. The number of ether oxygens (including phenoxy) is 1. The number of benzene rings is 2. The van der Waals surface area contributed by atoms with Crippen molar-refractivity contribution in [3.63, 3.8) is 0 Å². The second-order valence-electron chi connectivity index (χ2n) is 4.45. The lowest BCUT2D eigenvalue weighted by atomic mass is 10.0. The molecule has 1 nitrogen and oxygen atoms in total. The van der Waals surface area contributed by atoms with Crippen molar-refractivity contribution in [3.8, 4) is 16.9 Å².